The molecule has 0 aliphatic carbocycles. The van der Waals surface area contributed by atoms with Crippen molar-refractivity contribution in [3.05, 3.63) is 0 Å². The molecule has 0 saturated carbocycles. The van der Waals surface area contributed by atoms with Crippen LogP contribution in [0.4, 0.5) is 0 Å². The highest BCUT2D eigenvalue weighted by molar-refractivity contribution is 5.73. The van der Waals surface area contributed by atoms with Gasteiger partial charge in [0.2, 0.25) is 5.91 Å². The summed E-state index contributed by atoms with van der Waals surface area (Å²) in [4.78, 5) is 23.7. The van der Waals surface area contributed by atoms with Gasteiger partial charge in [0, 0.05) is 20.0 Å². The first-order valence-corrected chi connectivity index (χ1v) is 6.10. The number of nitrogens with zero attached hydrogens (tertiary/aromatic N) is 1. The Hall–Kier alpha value is -1.10. The third-order valence-corrected chi connectivity index (χ3v) is 3.96. The molecule has 2 saturated heterocycles. The van der Waals surface area contributed by atoms with Crippen LogP contribution in [-0.4, -0.2) is 47.7 Å². The minimum Gasteiger partial charge on any atom is -0.481 e. The molecule has 0 bridgehead atoms. The third-order valence-electron chi connectivity index (χ3n) is 3.96. The second-order valence-electron chi connectivity index (χ2n) is 5.24. The van der Waals surface area contributed by atoms with E-state index in [1.165, 1.54) is 0 Å². The lowest BCUT2D eigenvalue weighted by Gasteiger charge is -2.38. The molecule has 2 heterocycles. The van der Waals surface area contributed by atoms with Crippen LogP contribution < -0.4 is 0 Å². The first kappa shape index (κ1) is 12.4. The van der Waals surface area contributed by atoms with Gasteiger partial charge in [-0.15, -0.1) is 0 Å². The molecule has 2 rings (SSSR count). The summed E-state index contributed by atoms with van der Waals surface area (Å²) < 4.78 is 5.57. The molecule has 1 amide bonds. The molecule has 1 unspecified atom stereocenters. The smallest absolute Gasteiger partial charge is 0.305 e. The van der Waals surface area contributed by atoms with Crippen LogP contribution in [0.1, 0.15) is 32.6 Å². The number of hydrogen-bond donors (Lipinski definition) is 1. The van der Waals surface area contributed by atoms with Crippen molar-refractivity contribution in [3.8, 4) is 0 Å². The number of likely N-dealkylation sites (tertiary alicyclic amines) is 1. The molecule has 5 nitrogen and oxygen atoms in total. The molecule has 2 aliphatic heterocycles. The summed E-state index contributed by atoms with van der Waals surface area (Å²) in [7, 11) is 0. The first-order valence-electron chi connectivity index (χ1n) is 6.10. The number of carbonyl (C=O) groups is 2. The van der Waals surface area contributed by atoms with E-state index in [9.17, 15) is 9.59 Å². The number of carboxylic acids is 1. The topological polar surface area (TPSA) is 66.8 Å². The van der Waals surface area contributed by atoms with Gasteiger partial charge in [0.15, 0.2) is 0 Å². The number of carboxylic acid groups (broad SMARTS) is 1. The molecule has 0 radical (unpaired) electrons. The van der Waals surface area contributed by atoms with Crippen molar-refractivity contribution in [2.24, 2.45) is 5.41 Å². The molecule has 0 aromatic rings. The Morgan fingerprint density at radius 3 is 2.59 bits per heavy atom. The van der Waals surface area contributed by atoms with Crippen LogP contribution in [0.25, 0.3) is 0 Å². The predicted molar refractivity (Wildman–Crippen MR) is 60.5 cm³/mol. The fourth-order valence-electron chi connectivity index (χ4n) is 2.87. The standard InChI is InChI=1S/C12H19NO4/c1-9(14)13-4-2-12(3-5-13)7-10(17-8-12)6-11(15)16/h10H,2-8H2,1H3,(H,15,16). The summed E-state index contributed by atoms with van der Waals surface area (Å²) in [5, 5.41) is 8.74. The van der Waals surface area contributed by atoms with Crippen molar-refractivity contribution < 1.29 is 19.4 Å². The van der Waals surface area contributed by atoms with Crippen LogP contribution in [0.3, 0.4) is 0 Å². The largest absolute Gasteiger partial charge is 0.481 e. The van der Waals surface area contributed by atoms with Gasteiger partial charge < -0.3 is 14.7 Å². The highest BCUT2D eigenvalue weighted by atomic mass is 16.5. The molecular weight excluding hydrogens is 222 g/mol. The summed E-state index contributed by atoms with van der Waals surface area (Å²) in [5.74, 6) is -0.672. The zero-order valence-electron chi connectivity index (χ0n) is 10.1. The normalized spacial score (nSPS) is 27.4. The zero-order chi connectivity index (χ0) is 12.5. The molecule has 1 spiro atoms. The molecule has 2 fully saturated rings. The second-order valence-corrected chi connectivity index (χ2v) is 5.24. The van der Waals surface area contributed by atoms with Gasteiger partial charge in [0.1, 0.15) is 0 Å². The summed E-state index contributed by atoms with van der Waals surface area (Å²) in [6.45, 7) is 3.80. The Bertz CT molecular complexity index is 320. The average Bonchev–Trinajstić information content (AvgIpc) is 2.61. The predicted octanol–water partition coefficient (Wildman–Crippen LogP) is 0.879. The Labute approximate surface area is 101 Å². The van der Waals surface area contributed by atoms with Crippen LogP contribution in [0.2, 0.25) is 0 Å². The van der Waals surface area contributed by atoms with Crippen molar-refractivity contribution in [1.82, 2.24) is 4.90 Å². The number of rotatable bonds is 2. The van der Waals surface area contributed by atoms with E-state index in [0.717, 1.165) is 32.4 Å². The van der Waals surface area contributed by atoms with E-state index in [2.05, 4.69) is 0 Å². The third kappa shape index (κ3) is 2.77. The van der Waals surface area contributed by atoms with E-state index in [-0.39, 0.29) is 23.8 Å². The number of hydrogen-bond acceptors (Lipinski definition) is 3. The molecule has 0 aromatic heterocycles. The second kappa shape index (κ2) is 4.64. The SMILES string of the molecule is CC(=O)N1CCC2(CC1)COC(CC(=O)O)C2. The lowest BCUT2D eigenvalue weighted by atomic mass is 9.76. The van der Waals surface area contributed by atoms with Crippen molar-refractivity contribution >= 4 is 11.9 Å². The van der Waals surface area contributed by atoms with Crippen molar-refractivity contribution in [3.63, 3.8) is 0 Å². The molecule has 0 aromatic carbocycles. The van der Waals surface area contributed by atoms with E-state index in [0.29, 0.717) is 6.61 Å². The molecule has 17 heavy (non-hydrogen) atoms. The average molecular weight is 241 g/mol. The minimum absolute atomic E-state index is 0.0954. The Kier molecular flexibility index (Phi) is 3.38. The van der Waals surface area contributed by atoms with Gasteiger partial charge in [-0.25, -0.2) is 0 Å². The van der Waals surface area contributed by atoms with E-state index >= 15 is 0 Å². The summed E-state index contributed by atoms with van der Waals surface area (Å²) in [6.07, 6.45) is 2.64. The van der Waals surface area contributed by atoms with E-state index in [4.69, 9.17) is 9.84 Å². The van der Waals surface area contributed by atoms with Crippen molar-refractivity contribution in [2.75, 3.05) is 19.7 Å². The maximum Gasteiger partial charge on any atom is 0.305 e. The fraction of sp³-hybridized carbons (Fsp3) is 0.833. The number of aliphatic carboxylic acids is 1. The molecule has 1 N–H and O–H groups in total. The highest BCUT2D eigenvalue weighted by Crippen LogP contribution is 2.42. The maximum absolute atomic E-state index is 11.2. The highest BCUT2D eigenvalue weighted by Gasteiger charge is 2.43. The van der Waals surface area contributed by atoms with E-state index < -0.39 is 5.97 Å². The van der Waals surface area contributed by atoms with E-state index in [1.54, 1.807) is 6.92 Å². The molecular formula is C12H19NO4. The van der Waals surface area contributed by atoms with Gasteiger partial charge in [-0.3, -0.25) is 9.59 Å². The number of amides is 1. The minimum atomic E-state index is -0.798. The monoisotopic (exact) mass is 241 g/mol. The van der Waals surface area contributed by atoms with Gasteiger partial charge in [0.25, 0.3) is 0 Å². The van der Waals surface area contributed by atoms with E-state index in [1.807, 2.05) is 4.90 Å². The van der Waals surface area contributed by atoms with Crippen LogP contribution in [0.15, 0.2) is 0 Å². The van der Waals surface area contributed by atoms with Gasteiger partial charge >= 0.3 is 5.97 Å². The molecule has 2 aliphatic rings. The lowest BCUT2D eigenvalue weighted by Crippen LogP contribution is -2.42. The quantitative estimate of drug-likeness (QED) is 0.779. The number of ether oxygens (including phenoxy) is 1. The summed E-state index contributed by atoms with van der Waals surface area (Å²) in [5.41, 5.74) is 0.117. The zero-order valence-corrected chi connectivity index (χ0v) is 10.1. The van der Waals surface area contributed by atoms with Gasteiger partial charge in [-0.1, -0.05) is 0 Å². The van der Waals surface area contributed by atoms with Crippen molar-refractivity contribution in [1.29, 1.82) is 0 Å². The first-order chi connectivity index (χ1) is 8.01. The fourth-order valence-corrected chi connectivity index (χ4v) is 2.87. The van der Waals surface area contributed by atoms with Gasteiger partial charge in [-0.2, -0.15) is 0 Å². The van der Waals surface area contributed by atoms with Crippen LogP contribution >= 0.6 is 0 Å². The summed E-state index contributed by atoms with van der Waals surface area (Å²) >= 11 is 0. The number of carbonyl (C=O) groups excluding carboxylic acids is 1. The Balaban J connectivity index is 1.87. The van der Waals surface area contributed by atoms with Gasteiger partial charge in [0.05, 0.1) is 19.1 Å². The lowest BCUT2D eigenvalue weighted by molar-refractivity contribution is -0.139. The molecule has 5 heteroatoms. The number of piperidine rings is 1. The van der Waals surface area contributed by atoms with Crippen LogP contribution in [0.5, 0.6) is 0 Å². The van der Waals surface area contributed by atoms with Gasteiger partial charge in [-0.05, 0) is 24.7 Å². The Morgan fingerprint density at radius 1 is 1.41 bits per heavy atom. The summed E-state index contributed by atoms with van der Waals surface area (Å²) in [6, 6.07) is 0. The molecule has 1 atom stereocenters. The van der Waals surface area contributed by atoms with Crippen LogP contribution in [-0.2, 0) is 14.3 Å². The maximum atomic E-state index is 11.2. The van der Waals surface area contributed by atoms with Crippen LogP contribution in [0, 0.1) is 5.41 Å². The van der Waals surface area contributed by atoms with Crippen molar-refractivity contribution in [2.45, 2.75) is 38.7 Å². The molecule has 96 valence electrons. The Morgan fingerprint density at radius 2 is 2.06 bits per heavy atom.